The van der Waals surface area contributed by atoms with Gasteiger partial charge in [0.05, 0.1) is 11.4 Å². The molecule has 36 heavy (non-hydrogen) atoms. The standard InChI is InChI=1S/C32H29N4/c1-20(2)24-12-14-25(15-13-24)23(5)34-28-19-32-30(17-22(28)4)35-29-16-21(3)27(33-6)18-31(29)36(32)26-10-8-7-9-11-26/h7-19H,1,6H2,2-5H3/q+1. The van der Waals surface area contributed by atoms with E-state index < -0.39 is 0 Å². The van der Waals surface area contributed by atoms with Crippen LogP contribution in [0.1, 0.15) is 36.1 Å². The second kappa shape index (κ2) is 9.31. The first-order valence-electron chi connectivity index (χ1n) is 12.0. The van der Waals surface area contributed by atoms with Crippen LogP contribution in [0.25, 0.3) is 33.3 Å². The Kier molecular flexibility index (Phi) is 6.03. The molecule has 0 saturated carbocycles. The lowest BCUT2D eigenvalue weighted by Gasteiger charge is -2.10. The summed E-state index contributed by atoms with van der Waals surface area (Å²) in [6.07, 6.45) is 0. The fourth-order valence-corrected chi connectivity index (χ4v) is 4.52. The summed E-state index contributed by atoms with van der Waals surface area (Å²) in [5, 5.41) is 0. The number of aliphatic imine (C=N–C) groups is 2. The van der Waals surface area contributed by atoms with Gasteiger partial charge in [-0.3, -0.25) is 9.98 Å². The first-order valence-corrected chi connectivity index (χ1v) is 12.0. The van der Waals surface area contributed by atoms with Crippen molar-refractivity contribution in [2.75, 3.05) is 0 Å². The summed E-state index contributed by atoms with van der Waals surface area (Å²) in [6.45, 7) is 16.0. The van der Waals surface area contributed by atoms with Gasteiger partial charge in [-0.05, 0) is 68.8 Å². The molecule has 4 nitrogen and oxygen atoms in total. The van der Waals surface area contributed by atoms with Crippen molar-refractivity contribution in [3.8, 4) is 5.69 Å². The van der Waals surface area contributed by atoms with E-state index >= 15 is 0 Å². The number of para-hydroxylation sites is 1. The molecule has 0 spiro atoms. The monoisotopic (exact) mass is 469 g/mol. The van der Waals surface area contributed by atoms with Crippen LogP contribution in [0.15, 0.2) is 95.4 Å². The summed E-state index contributed by atoms with van der Waals surface area (Å²) in [7, 11) is 0. The number of rotatable bonds is 5. The van der Waals surface area contributed by atoms with E-state index in [0.29, 0.717) is 0 Å². The van der Waals surface area contributed by atoms with Crippen LogP contribution in [0, 0.1) is 13.8 Å². The summed E-state index contributed by atoms with van der Waals surface area (Å²) >= 11 is 0. The SMILES string of the molecule is C=Nc1cc2c(cc1C)nc1cc(C)c(N=C(C)c3ccc(C(=C)C)cc3)cc1[n+]2-c1ccccc1. The second-order valence-corrected chi connectivity index (χ2v) is 9.25. The minimum Gasteiger partial charge on any atom is -0.264 e. The zero-order chi connectivity index (χ0) is 25.4. The molecule has 0 radical (unpaired) electrons. The quantitative estimate of drug-likeness (QED) is 0.147. The summed E-state index contributed by atoms with van der Waals surface area (Å²) in [4.78, 5) is 14.3. The third-order valence-corrected chi connectivity index (χ3v) is 6.58. The summed E-state index contributed by atoms with van der Waals surface area (Å²) in [5.74, 6) is 0. The molecule has 4 heteroatoms. The largest absolute Gasteiger partial charge is 0.264 e. The molecule has 0 unspecified atom stereocenters. The first kappa shape index (κ1) is 23.3. The highest BCUT2D eigenvalue weighted by molar-refractivity contribution is 6.01. The highest BCUT2D eigenvalue weighted by Crippen LogP contribution is 2.29. The lowest BCUT2D eigenvalue weighted by Crippen LogP contribution is -2.33. The van der Waals surface area contributed by atoms with Crippen molar-refractivity contribution < 1.29 is 4.57 Å². The van der Waals surface area contributed by atoms with Gasteiger partial charge in [0.25, 0.3) is 0 Å². The molecule has 1 aromatic heterocycles. The van der Waals surface area contributed by atoms with Crippen molar-refractivity contribution in [3.05, 3.63) is 108 Å². The van der Waals surface area contributed by atoms with Crippen molar-refractivity contribution in [2.45, 2.75) is 27.7 Å². The van der Waals surface area contributed by atoms with E-state index in [-0.39, 0.29) is 0 Å². The summed E-state index contributed by atoms with van der Waals surface area (Å²) in [5.41, 5.74) is 13.0. The Hall–Kier alpha value is -4.44. The lowest BCUT2D eigenvalue weighted by molar-refractivity contribution is -0.538. The van der Waals surface area contributed by atoms with Crippen LogP contribution in [0.2, 0.25) is 0 Å². The van der Waals surface area contributed by atoms with Gasteiger partial charge in [-0.15, -0.1) is 4.57 Å². The lowest BCUT2D eigenvalue weighted by atomic mass is 10.0. The fourth-order valence-electron chi connectivity index (χ4n) is 4.52. The van der Waals surface area contributed by atoms with E-state index in [0.717, 1.165) is 72.7 Å². The van der Waals surface area contributed by atoms with Gasteiger partial charge in [0.15, 0.2) is 0 Å². The topological polar surface area (TPSA) is 41.5 Å². The zero-order valence-electron chi connectivity index (χ0n) is 21.2. The molecule has 0 saturated heterocycles. The zero-order valence-corrected chi connectivity index (χ0v) is 21.2. The van der Waals surface area contributed by atoms with E-state index in [9.17, 15) is 0 Å². The van der Waals surface area contributed by atoms with Gasteiger partial charge >= 0.3 is 0 Å². The fraction of sp³-hybridized carbons (Fsp3) is 0.125. The molecule has 5 rings (SSSR count). The van der Waals surface area contributed by atoms with E-state index in [1.165, 1.54) is 0 Å². The van der Waals surface area contributed by atoms with Crippen LogP contribution in [0.4, 0.5) is 11.4 Å². The normalized spacial score (nSPS) is 11.7. The molecule has 0 fully saturated rings. The molecule has 5 aromatic rings. The Morgan fingerprint density at radius 3 is 1.89 bits per heavy atom. The van der Waals surface area contributed by atoms with Gasteiger partial charge in [0.1, 0.15) is 11.0 Å². The van der Waals surface area contributed by atoms with Crippen molar-refractivity contribution in [1.82, 2.24) is 4.98 Å². The summed E-state index contributed by atoms with van der Waals surface area (Å²) in [6, 6.07) is 27.1. The van der Waals surface area contributed by atoms with Gasteiger partial charge in [0.2, 0.25) is 16.7 Å². The maximum atomic E-state index is 5.04. The summed E-state index contributed by atoms with van der Waals surface area (Å²) < 4.78 is 2.24. The third-order valence-electron chi connectivity index (χ3n) is 6.58. The minimum absolute atomic E-state index is 0.854. The second-order valence-electron chi connectivity index (χ2n) is 9.25. The van der Waals surface area contributed by atoms with E-state index in [1.54, 1.807) is 0 Å². The smallest absolute Gasteiger partial charge is 0.239 e. The average Bonchev–Trinajstić information content (AvgIpc) is 2.88. The number of aryl methyl sites for hydroxylation is 2. The van der Waals surface area contributed by atoms with Crippen LogP contribution in [-0.4, -0.2) is 17.4 Å². The molecular weight excluding hydrogens is 440 g/mol. The van der Waals surface area contributed by atoms with Gasteiger partial charge in [-0.1, -0.05) is 54.6 Å². The van der Waals surface area contributed by atoms with E-state index in [1.807, 2.05) is 39.0 Å². The van der Waals surface area contributed by atoms with Gasteiger partial charge in [0, 0.05) is 30.0 Å². The Labute approximate surface area is 212 Å². The number of benzene rings is 4. The molecular formula is C32H29N4+. The molecule has 0 N–H and O–H groups in total. The first-order chi connectivity index (χ1) is 17.4. The molecule has 0 aliphatic carbocycles. The van der Waals surface area contributed by atoms with Crippen molar-refractivity contribution in [2.24, 2.45) is 9.98 Å². The molecule has 0 aliphatic rings. The molecule has 176 valence electrons. The third kappa shape index (κ3) is 4.22. The van der Waals surface area contributed by atoms with E-state index in [4.69, 9.17) is 9.98 Å². The van der Waals surface area contributed by atoms with Crippen LogP contribution < -0.4 is 4.57 Å². The molecule has 1 heterocycles. The number of hydrogen-bond donors (Lipinski definition) is 0. The van der Waals surface area contributed by atoms with Crippen LogP contribution in [0.5, 0.6) is 0 Å². The number of nitrogens with zero attached hydrogens (tertiary/aromatic N) is 4. The van der Waals surface area contributed by atoms with Gasteiger partial charge < -0.3 is 0 Å². The Morgan fingerprint density at radius 2 is 1.31 bits per heavy atom. The van der Waals surface area contributed by atoms with Crippen LogP contribution in [-0.2, 0) is 0 Å². The van der Waals surface area contributed by atoms with Crippen LogP contribution >= 0.6 is 0 Å². The molecule has 4 aromatic carbocycles. The Bertz CT molecular complexity index is 1680. The van der Waals surface area contributed by atoms with Crippen molar-refractivity contribution in [1.29, 1.82) is 0 Å². The Balaban J connectivity index is 1.76. The maximum Gasteiger partial charge on any atom is 0.239 e. The molecule has 0 amide bonds. The Morgan fingerprint density at radius 1 is 0.750 bits per heavy atom. The van der Waals surface area contributed by atoms with Crippen molar-refractivity contribution in [3.63, 3.8) is 0 Å². The number of allylic oxidation sites excluding steroid dienone is 1. The number of fused-ring (bicyclic) bond motifs is 2. The molecule has 0 aliphatic heterocycles. The predicted octanol–water partition coefficient (Wildman–Crippen LogP) is 7.79. The molecule has 0 bridgehead atoms. The average molecular weight is 470 g/mol. The number of aromatic nitrogens is 2. The predicted molar refractivity (Wildman–Crippen MR) is 152 cm³/mol. The van der Waals surface area contributed by atoms with Crippen LogP contribution in [0.3, 0.4) is 0 Å². The van der Waals surface area contributed by atoms with Crippen molar-refractivity contribution >= 4 is 51.4 Å². The van der Waals surface area contributed by atoms with E-state index in [2.05, 4.69) is 90.4 Å². The minimum atomic E-state index is 0.854. The highest BCUT2D eigenvalue weighted by atomic mass is 15.0. The maximum absolute atomic E-state index is 5.04. The molecule has 0 atom stereocenters. The highest BCUT2D eigenvalue weighted by Gasteiger charge is 2.22. The number of hydrogen-bond acceptors (Lipinski definition) is 3. The van der Waals surface area contributed by atoms with Gasteiger partial charge in [-0.2, -0.15) is 0 Å². The van der Waals surface area contributed by atoms with Gasteiger partial charge in [-0.25, -0.2) is 4.98 Å².